The van der Waals surface area contributed by atoms with Crippen LogP contribution in [0.4, 0.5) is 0 Å². The molecule has 2 aromatic rings. The maximum absolute atomic E-state index is 12.8. The van der Waals surface area contributed by atoms with Crippen molar-refractivity contribution in [3.05, 3.63) is 59.7 Å². The van der Waals surface area contributed by atoms with E-state index >= 15 is 0 Å². The zero-order valence-corrected chi connectivity index (χ0v) is 17.5. The predicted molar refractivity (Wildman–Crippen MR) is 112 cm³/mol. The number of rotatable bonds is 8. The summed E-state index contributed by atoms with van der Waals surface area (Å²) in [5.74, 6) is -0.591. The van der Waals surface area contributed by atoms with E-state index < -0.39 is 5.54 Å². The number of hydrogen-bond donors (Lipinski definition) is 2. The van der Waals surface area contributed by atoms with E-state index in [1.165, 1.54) is 18.7 Å². The third-order valence-electron chi connectivity index (χ3n) is 5.42. The summed E-state index contributed by atoms with van der Waals surface area (Å²) in [6.45, 7) is 7.09. The summed E-state index contributed by atoms with van der Waals surface area (Å²) in [5.41, 5.74) is 0.938. The molecule has 1 aromatic carbocycles. The molecule has 8 nitrogen and oxygen atoms in total. The van der Waals surface area contributed by atoms with Gasteiger partial charge in [0.05, 0.1) is 11.6 Å². The van der Waals surface area contributed by atoms with E-state index in [1.807, 2.05) is 32.9 Å². The first kappa shape index (κ1) is 21.4. The minimum Gasteiger partial charge on any atom is -0.348 e. The monoisotopic (exact) mass is 409 g/mol. The average Bonchev–Trinajstić information content (AvgIpc) is 3.56. The van der Waals surface area contributed by atoms with Crippen LogP contribution in [0.3, 0.4) is 0 Å². The third-order valence-corrected chi connectivity index (χ3v) is 5.42. The van der Waals surface area contributed by atoms with Gasteiger partial charge in [0.2, 0.25) is 5.91 Å². The smallest absolute Gasteiger partial charge is 0.255 e. The second kappa shape index (κ2) is 9.02. The van der Waals surface area contributed by atoms with Gasteiger partial charge < -0.3 is 15.5 Å². The Morgan fingerprint density at radius 2 is 1.63 bits per heavy atom. The number of nitrogens with zero attached hydrogens (tertiary/aromatic N) is 3. The lowest BCUT2D eigenvalue weighted by Crippen LogP contribution is -2.49. The molecule has 0 radical (unpaired) electrons. The van der Waals surface area contributed by atoms with E-state index in [-0.39, 0.29) is 23.8 Å². The third kappa shape index (κ3) is 4.64. The molecule has 8 heteroatoms. The van der Waals surface area contributed by atoms with Crippen LogP contribution in [-0.2, 0) is 4.79 Å². The summed E-state index contributed by atoms with van der Waals surface area (Å²) >= 11 is 0. The fourth-order valence-electron chi connectivity index (χ4n) is 3.27. The summed E-state index contributed by atoms with van der Waals surface area (Å²) in [7, 11) is 0. The van der Waals surface area contributed by atoms with E-state index in [4.69, 9.17) is 0 Å². The van der Waals surface area contributed by atoms with Gasteiger partial charge in [-0.25, -0.2) is 9.97 Å². The van der Waals surface area contributed by atoms with Crippen molar-refractivity contribution in [3.8, 4) is 0 Å². The van der Waals surface area contributed by atoms with Crippen LogP contribution in [-0.4, -0.2) is 51.2 Å². The molecule has 1 heterocycles. The zero-order valence-electron chi connectivity index (χ0n) is 17.5. The van der Waals surface area contributed by atoms with Crippen molar-refractivity contribution in [2.45, 2.75) is 45.2 Å². The number of nitrogens with one attached hydrogen (secondary N) is 2. The predicted octanol–water partition coefficient (Wildman–Crippen LogP) is 2.10. The molecule has 1 aliphatic rings. The molecular weight excluding hydrogens is 382 g/mol. The first-order valence-corrected chi connectivity index (χ1v) is 10.2. The van der Waals surface area contributed by atoms with Gasteiger partial charge in [-0.15, -0.1) is 0 Å². The van der Waals surface area contributed by atoms with Crippen LogP contribution in [0, 0.1) is 0 Å². The molecule has 3 rings (SSSR count). The maximum atomic E-state index is 12.8. The molecule has 1 fully saturated rings. The average molecular weight is 409 g/mol. The number of aromatic nitrogens is 2. The second-order valence-corrected chi connectivity index (χ2v) is 7.46. The van der Waals surface area contributed by atoms with E-state index in [0.29, 0.717) is 37.1 Å². The Balaban J connectivity index is 1.61. The molecular formula is C22H27N5O3. The van der Waals surface area contributed by atoms with Gasteiger partial charge in [0.25, 0.3) is 11.8 Å². The van der Waals surface area contributed by atoms with E-state index in [0.717, 1.165) is 5.56 Å². The SMILES string of the molecule is CCN(CC)C(=O)c1ccc([C@@H](C)NC(=O)C2(NC(=O)c3cncnc3)CC2)cc1. The van der Waals surface area contributed by atoms with Crippen molar-refractivity contribution in [1.82, 2.24) is 25.5 Å². The van der Waals surface area contributed by atoms with Crippen LogP contribution in [0.5, 0.6) is 0 Å². The van der Waals surface area contributed by atoms with Gasteiger partial charge in [0.15, 0.2) is 0 Å². The van der Waals surface area contributed by atoms with Crippen molar-refractivity contribution in [1.29, 1.82) is 0 Å². The number of carbonyl (C=O) groups is 3. The van der Waals surface area contributed by atoms with Crippen molar-refractivity contribution in [3.63, 3.8) is 0 Å². The quantitative estimate of drug-likeness (QED) is 0.695. The van der Waals surface area contributed by atoms with Crippen LogP contribution in [0.15, 0.2) is 43.0 Å². The Hall–Kier alpha value is -3.29. The molecule has 0 saturated heterocycles. The molecule has 1 aliphatic carbocycles. The van der Waals surface area contributed by atoms with Gasteiger partial charge in [0, 0.05) is 31.0 Å². The summed E-state index contributed by atoms with van der Waals surface area (Å²) < 4.78 is 0. The van der Waals surface area contributed by atoms with Crippen LogP contribution >= 0.6 is 0 Å². The maximum Gasteiger partial charge on any atom is 0.255 e. The molecule has 0 bridgehead atoms. The second-order valence-electron chi connectivity index (χ2n) is 7.46. The van der Waals surface area contributed by atoms with Crippen LogP contribution < -0.4 is 10.6 Å². The summed E-state index contributed by atoms with van der Waals surface area (Å²) in [5, 5.41) is 5.78. The van der Waals surface area contributed by atoms with Gasteiger partial charge >= 0.3 is 0 Å². The molecule has 0 unspecified atom stereocenters. The Kier molecular flexibility index (Phi) is 6.44. The van der Waals surface area contributed by atoms with Gasteiger partial charge in [-0.3, -0.25) is 14.4 Å². The van der Waals surface area contributed by atoms with E-state index in [1.54, 1.807) is 17.0 Å². The van der Waals surface area contributed by atoms with Crippen molar-refractivity contribution < 1.29 is 14.4 Å². The number of amides is 3. The summed E-state index contributed by atoms with van der Waals surface area (Å²) in [6, 6.07) is 7.00. The molecule has 1 atom stereocenters. The highest BCUT2D eigenvalue weighted by Gasteiger charge is 2.51. The highest BCUT2D eigenvalue weighted by molar-refractivity contribution is 6.00. The molecule has 0 aliphatic heterocycles. The number of hydrogen-bond acceptors (Lipinski definition) is 5. The molecule has 2 N–H and O–H groups in total. The molecule has 3 amide bonds. The Labute approximate surface area is 176 Å². The van der Waals surface area contributed by atoms with Gasteiger partial charge in [-0.05, 0) is 51.3 Å². The van der Waals surface area contributed by atoms with Crippen molar-refractivity contribution in [2.24, 2.45) is 0 Å². The first-order valence-electron chi connectivity index (χ1n) is 10.2. The summed E-state index contributed by atoms with van der Waals surface area (Å²) in [4.78, 5) is 47.0. The highest BCUT2D eigenvalue weighted by Crippen LogP contribution is 2.36. The van der Waals surface area contributed by atoms with Crippen molar-refractivity contribution >= 4 is 17.7 Å². The number of carbonyl (C=O) groups excluding carboxylic acids is 3. The van der Waals surface area contributed by atoms with Crippen LogP contribution in [0.2, 0.25) is 0 Å². The lowest BCUT2D eigenvalue weighted by molar-refractivity contribution is -0.124. The molecule has 1 saturated carbocycles. The highest BCUT2D eigenvalue weighted by atomic mass is 16.2. The first-order chi connectivity index (χ1) is 14.4. The lowest BCUT2D eigenvalue weighted by Gasteiger charge is -2.22. The summed E-state index contributed by atoms with van der Waals surface area (Å²) in [6.07, 6.45) is 5.35. The fourth-order valence-corrected chi connectivity index (χ4v) is 3.27. The minimum atomic E-state index is -0.889. The van der Waals surface area contributed by atoms with Crippen molar-refractivity contribution in [2.75, 3.05) is 13.1 Å². The largest absolute Gasteiger partial charge is 0.348 e. The van der Waals surface area contributed by atoms with Crippen LogP contribution in [0.25, 0.3) is 0 Å². The Bertz CT molecular complexity index is 906. The van der Waals surface area contributed by atoms with Gasteiger partial charge in [0.1, 0.15) is 11.9 Å². The van der Waals surface area contributed by atoms with E-state index in [2.05, 4.69) is 20.6 Å². The normalized spacial score (nSPS) is 15.0. The van der Waals surface area contributed by atoms with Gasteiger partial charge in [-0.1, -0.05) is 12.1 Å². The Morgan fingerprint density at radius 1 is 1.03 bits per heavy atom. The molecule has 1 aromatic heterocycles. The van der Waals surface area contributed by atoms with E-state index in [9.17, 15) is 14.4 Å². The molecule has 30 heavy (non-hydrogen) atoms. The zero-order chi connectivity index (χ0) is 21.7. The minimum absolute atomic E-state index is 0.00669. The Morgan fingerprint density at radius 3 is 2.17 bits per heavy atom. The van der Waals surface area contributed by atoms with Crippen LogP contribution in [0.1, 0.15) is 65.9 Å². The molecule has 0 spiro atoms. The topological polar surface area (TPSA) is 104 Å². The fraction of sp³-hybridized carbons (Fsp3) is 0.409. The standard InChI is InChI=1S/C22H27N5O3/c1-4-27(5-2)20(29)17-8-6-16(7-9-17)15(3)25-21(30)22(10-11-22)26-19(28)18-12-23-14-24-13-18/h6-9,12-15H,4-5,10-11H2,1-3H3,(H,25,30)(H,26,28)/t15-/m1/s1. The lowest BCUT2D eigenvalue weighted by atomic mass is 10.0. The van der Waals surface area contributed by atoms with Gasteiger partial charge in [-0.2, -0.15) is 0 Å². The molecule has 158 valence electrons. The number of benzene rings is 1.